The molecule has 0 saturated heterocycles. The summed E-state index contributed by atoms with van der Waals surface area (Å²) in [6.07, 6.45) is 7.83. The molecule has 1 aromatic carbocycles. The van der Waals surface area contributed by atoms with Crippen LogP contribution in [0, 0.1) is 12.3 Å². The first-order chi connectivity index (χ1) is 7.81. The number of nitrogens with one attached hydrogen (secondary N) is 1. The molecule has 1 N–H and O–H groups in total. The summed E-state index contributed by atoms with van der Waals surface area (Å²) in [7, 11) is 0. The lowest BCUT2D eigenvalue weighted by atomic mass is 10.1. The average molecular weight is 210 g/mol. The molecule has 0 radical (unpaired) electrons. The number of fused-ring (bicyclic) bond motifs is 1. The first-order valence-corrected chi connectivity index (χ1v) is 5.35. The molecule has 80 valence electrons. The molecule has 0 spiro atoms. The number of para-hydroxylation sites is 1. The predicted octanol–water partition coefficient (Wildman–Crippen LogP) is 3.06. The Labute approximate surface area is 95.7 Å². The molecule has 0 aliphatic heterocycles. The molecule has 2 heteroatoms. The van der Waals surface area contributed by atoms with Crippen molar-refractivity contribution in [2.45, 2.75) is 19.4 Å². The standard InChI is InChI=1S/C14H14N2/c1-3-6-11(2)16-14-9-10-15-13-8-5-4-7-12(13)14/h1,4-5,7-11H,6H2,2H3,(H,15,16). The molecular weight excluding hydrogens is 196 g/mol. The van der Waals surface area contributed by atoms with Crippen LogP contribution in [0.5, 0.6) is 0 Å². The summed E-state index contributed by atoms with van der Waals surface area (Å²) in [6, 6.07) is 10.3. The van der Waals surface area contributed by atoms with Crippen molar-refractivity contribution in [1.82, 2.24) is 4.98 Å². The van der Waals surface area contributed by atoms with Gasteiger partial charge in [-0.1, -0.05) is 18.2 Å². The Morgan fingerprint density at radius 3 is 3.00 bits per heavy atom. The second-order valence-electron chi connectivity index (χ2n) is 3.83. The first-order valence-electron chi connectivity index (χ1n) is 5.35. The number of aromatic nitrogens is 1. The Morgan fingerprint density at radius 2 is 2.19 bits per heavy atom. The molecule has 0 saturated carbocycles. The van der Waals surface area contributed by atoms with Crippen molar-refractivity contribution in [3.8, 4) is 12.3 Å². The maximum Gasteiger partial charge on any atom is 0.0722 e. The van der Waals surface area contributed by atoms with Crippen molar-refractivity contribution in [2.24, 2.45) is 0 Å². The maximum absolute atomic E-state index is 5.29. The molecule has 2 aromatic rings. The minimum Gasteiger partial charge on any atom is -0.381 e. The molecule has 0 fully saturated rings. The van der Waals surface area contributed by atoms with E-state index in [1.807, 2.05) is 30.5 Å². The third-order valence-corrected chi connectivity index (χ3v) is 2.47. The van der Waals surface area contributed by atoms with Crippen molar-refractivity contribution in [3.05, 3.63) is 36.5 Å². The van der Waals surface area contributed by atoms with E-state index in [4.69, 9.17) is 6.42 Å². The summed E-state index contributed by atoms with van der Waals surface area (Å²) in [5, 5.41) is 4.54. The molecule has 1 heterocycles. The van der Waals surface area contributed by atoms with Crippen LogP contribution in [0.15, 0.2) is 36.5 Å². The summed E-state index contributed by atoms with van der Waals surface area (Å²) < 4.78 is 0. The first kappa shape index (κ1) is 10.5. The molecule has 0 aliphatic carbocycles. The molecule has 1 aromatic heterocycles. The highest BCUT2D eigenvalue weighted by molar-refractivity contribution is 5.90. The number of hydrogen-bond acceptors (Lipinski definition) is 2. The van der Waals surface area contributed by atoms with Gasteiger partial charge in [-0.25, -0.2) is 0 Å². The van der Waals surface area contributed by atoms with Crippen molar-refractivity contribution in [3.63, 3.8) is 0 Å². The summed E-state index contributed by atoms with van der Waals surface area (Å²) in [4.78, 5) is 4.31. The SMILES string of the molecule is C#CCC(C)Nc1ccnc2ccccc12. The normalized spacial score (nSPS) is 12.0. The number of pyridine rings is 1. The summed E-state index contributed by atoms with van der Waals surface area (Å²) in [5.74, 6) is 2.66. The van der Waals surface area contributed by atoms with Gasteiger partial charge in [0.05, 0.1) is 5.52 Å². The van der Waals surface area contributed by atoms with Crippen molar-refractivity contribution >= 4 is 16.6 Å². The van der Waals surface area contributed by atoms with Crippen LogP contribution >= 0.6 is 0 Å². The molecule has 0 bridgehead atoms. The predicted molar refractivity (Wildman–Crippen MR) is 68.3 cm³/mol. The Hall–Kier alpha value is -2.01. The van der Waals surface area contributed by atoms with E-state index in [0.717, 1.165) is 23.0 Å². The van der Waals surface area contributed by atoms with Gasteiger partial charge in [0.25, 0.3) is 0 Å². The van der Waals surface area contributed by atoms with Gasteiger partial charge >= 0.3 is 0 Å². The molecule has 0 aliphatic rings. The van der Waals surface area contributed by atoms with Crippen LogP contribution in [0.4, 0.5) is 5.69 Å². The monoisotopic (exact) mass is 210 g/mol. The quantitative estimate of drug-likeness (QED) is 0.787. The number of nitrogens with zero attached hydrogens (tertiary/aromatic N) is 1. The van der Waals surface area contributed by atoms with E-state index in [2.05, 4.69) is 29.2 Å². The van der Waals surface area contributed by atoms with E-state index < -0.39 is 0 Å². The minimum absolute atomic E-state index is 0.274. The second-order valence-corrected chi connectivity index (χ2v) is 3.83. The summed E-state index contributed by atoms with van der Waals surface area (Å²) in [6.45, 7) is 2.08. The fourth-order valence-corrected chi connectivity index (χ4v) is 1.71. The number of rotatable bonds is 3. The zero-order valence-electron chi connectivity index (χ0n) is 9.27. The van der Waals surface area contributed by atoms with Gasteiger partial charge in [-0.05, 0) is 19.1 Å². The zero-order chi connectivity index (χ0) is 11.4. The Bertz CT molecular complexity index is 520. The van der Waals surface area contributed by atoms with Gasteiger partial charge in [-0.15, -0.1) is 12.3 Å². The van der Waals surface area contributed by atoms with Gasteiger partial charge in [-0.3, -0.25) is 4.98 Å². The van der Waals surface area contributed by atoms with E-state index in [0.29, 0.717) is 0 Å². The molecule has 1 atom stereocenters. The van der Waals surface area contributed by atoms with Crippen molar-refractivity contribution < 1.29 is 0 Å². The van der Waals surface area contributed by atoms with Gasteiger partial charge in [0, 0.05) is 29.7 Å². The summed E-state index contributed by atoms with van der Waals surface area (Å²) in [5.41, 5.74) is 2.09. The Balaban J connectivity index is 2.34. The van der Waals surface area contributed by atoms with Gasteiger partial charge in [0.1, 0.15) is 0 Å². The number of anilines is 1. The average Bonchev–Trinajstić information content (AvgIpc) is 2.30. The van der Waals surface area contributed by atoms with Gasteiger partial charge in [0.2, 0.25) is 0 Å². The van der Waals surface area contributed by atoms with Crippen molar-refractivity contribution in [1.29, 1.82) is 0 Å². The lowest BCUT2D eigenvalue weighted by Crippen LogP contribution is -2.14. The van der Waals surface area contributed by atoms with Crippen LogP contribution in [-0.2, 0) is 0 Å². The molecular formula is C14H14N2. The Morgan fingerprint density at radius 1 is 1.38 bits per heavy atom. The van der Waals surface area contributed by atoms with Crippen LogP contribution in [-0.4, -0.2) is 11.0 Å². The zero-order valence-corrected chi connectivity index (χ0v) is 9.27. The number of benzene rings is 1. The van der Waals surface area contributed by atoms with E-state index in [1.54, 1.807) is 0 Å². The van der Waals surface area contributed by atoms with Crippen LogP contribution in [0.3, 0.4) is 0 Å². The lowest BCUT2D eigenvalue weighted by Gasteiger charge is -2.14. The fraction of sp³-hybridized carbons (Fsp3) is 0.214. The van der Waals surface area contributed by atoms with E-state index in [1.165, 1.54) is 0 Å². The molecule has 0 amide bonds. The second kappa shape index (κ2) is 4.67. The van der Waals surface area contributed by atoms with Crippen molar-refractivity contribution in [2.75, 3.05) is 5.32 Å². The molecule has 2 rings (SSSR count). The highest BCUT2D eigenvalue weighted by atomic mass is 14.9. The number of hydrogen-bond donors (Lipinski definition) is 1. The lowest BCUT2D eigenvalue weighted by molar-refractivity contribution is 0.830. The molecule has 16 heavy (non-hydrogen) atoms. The van der Waals surface area contributed by atoms with Gasteiger partial charge in [0.15, 0.2) is 0 Å². The maximum atomic E-state index is 5.29. The van der Waals surface area contributed by atoms with Crippen LogP contribution in [0.2, 0.25) is 0 Å². The van der Waals surface area contributed by atoms with E-state index in [-0.39, 0.29) is 6.04 Å². The fourth-order valence-electron chi connectivity index (χ4n) is 1.71. The third-order valence-electron chi connectivity index (χ3n) is 2.47. The molecule has 2 nitrogen and oxygen atoms in total. The van der Waals surface area contributed by atoms with E-state index >= 15 is 0 Å². The highest BCUT2D eigenvalue weighted by Crippen LogP contribution is 2.21. The minimum atomic E-state index is 0.274. The summed E-state index contributed by atoms with van der Waals surface area (Å²) >= 11 is 0. The largest absolute Gasteiger partial charge is 0.381 e. The Kier molecular flexibility index (Phi) is 3.07. The van der Waals surface area contributed by atoms with Crippen LogP contribution in [0.25, 0.3) is 10.9 Å². The van der Waals surface area contributed by atoms with Crippen LogP contribution < -0.4 is 5.32 Å². The topological polar surface area (TPSA) is 24.9 Å². The third kappa shape index (κ3) is 2.14. The van der Waals surface area contributed by atoms with Crippen LogP contribution in [0.1, 0.15) is 13.3 Å². The number of terminal acetylenes is 1. The van der Waals surface area contributed by atoms with E-state index in [9.17, 15) is 0 Å². The van der Waals surface area contributed by atoms with Gasteiger partial charge < -0.3 is 5.32 Å². The van der Waals surface area contributed by atoms with Gasteiger partial charge in [-0.2, -0.15) is 0 Å². The highest BCUT2D eigenvalue weighted by Gasteiger charge is 2.03. The smallest absolute Gasteiger partial charge is 0.0722 e. The molecule has 1 unspecified atom stereocenters.